The van der Waals surface area contributed by atoms with Gasteiger partial charge in [0.25, 0.3) is 6.71 Å². The maximum Gasteiger partial charge on any atom is 0.252 e. The molecule has 11 rings (SSSR count). The first-order valence-electron chi connectivity index (χ1n) is 20.1. The Hall–Kier alpha value is -5.02. The predicted molar refractivity (Wildman–Crippen MR) is 224 cm³/mol. The summed E-state index contributed by atoms with van der Waals surface area (Å²) in [5.41, 5.74) is 23.2. The van der Waals surface area contributed by atoms with Crippen molar-refractivity contribution in [1.82, 2.24) is 0 Å². The summed E-state index contributed by atoms with van der Waals surface area (Å²) in [7, 11) is 0. The number of anilines is 6. The zero-order valence-corrected chi connectivity index (χ0v) is 31.5. The van der Waals surface area contributed by atoms with E-state index >= 15 is 0 Å². The molecular weight excluding hydrogens is 639 g/mol. The molecule has 2 heterocycles. The fourth-order valence-electron chi connectivity index (χ4n) is 11.3. The van der Waals surface area contributed by atoms with Gasteiger partial charge in [0.2, 0.25) is 0 Å². The Morgan fingerprint density at radius 2 is 1.06 bits per heavy atom. The van der Waals surface area contributed by atoms with E-state index in [0.29, 0.717) is 5.92 Å². The molecule has 1 unspecified atom stereocenters. The quantitative estimate of drug-likeness (QED) is 0.171. The van der Waals surface area contributed by atoms with Crippen molar-refractivity contribution < 1.29 is 0 Å². The van der Waals surface area contributed by atoms with Crippen LogP contribution < -0.4 is 26.2 Å². The maximum absolute atomic E-state index is 2.69. The molecule has 0 saturated heterocycles. The van der Waals surface area contributed by atoms with Gasteiger partial charge in [-0.3, -0.25) is 0 Å². The second kappa shape index (κ2) is 11.2. The van der Waals surface area contributed by atoms with E-state index in [9.17, 15) is 0 Å². The van der Waals surface area contributed by atoms with Gasteiger partial charge in [-0.1, -0.05) is 113 Å². The first-order valence-corrected chi connectivity index (χ1v) is 20.1. The molecule has 0 aromatic heterocycles. The number of hydrogen-bond acceptors (Lipinski definition) is 2. The van der Waals surface area contributed by atoms with Gasteiger partial charge in [0.1, 0.15) is 0 Å². The molecule has 0 fully saturated rings. The molecule has 260 valence electrons. The minimum atomic E-state index is 0.0848. The van der Waals surface area contributed by atoms with Crippen molar-refractivity contribution in [2.75, 3.05) is 9.80 Å². The van der Waals surface area contributed by atoms with Gasteiger partial charge in [0.05, 0.1) is 0 Å². The van der Waals surface area contributed by atoms with Crippen molar-refractivity contribution in [1.29, 1.82) is 0 Å². The topological polar surface area (TPSA) is 6.48 Å². The lowest BCUT2D eigenvalue weighted by molar-refractivity contribution is 0.523. The van der Waals surface area contributed by atoms with Crippen LogP contribution in [-0.4, -0.2) is 6.71 Å². The standard InChI is InChI=1S/C50H47BN2/c1-49(2)28-26-33-22-24-40-47(44(33)49)52(36-16-7-5-8-17-36)42-30-35(39-21-13-15-32-14-11-12-20-38(32)39)31-43-46(42)51(40)41-25-23-34-27-29-50(3,4)45(34)48(41)53(43)37-18-9-6-10-19-37/h5-12,14,16-20,22-25,30-31,39H,13,15,21,26-29H2,1-4H3. The average Bonchev–Trinajstić information content (AvgIpc) is 3.68. The van der Waals surface area contributed by atoms with E-state index in [1.807, 2.05) is 0 Å². The molecule has 2 nitrogen and oxygen atoms in total. The molecule has 6 aromatic carbocycles. The third-order valence-electron chi connectivity index (χ3n) is 13.8. The van der Waals surface area contributed by atoms with Gasteiger partial charge < -0.3 is 9.80 Å². The summed E-state index contributed by atoms with van der Waals surface area (Å²) in [5.74, 6) is 0.355. The highest BCUT2D eigenvalue weighted by atomic mass is 15.2. The monoisotopic (exact) mass is 686 g/mol. The lowest BCUT2D eigenvalue weighted by Crippen LogP contribution is -2.62. The van der Waals surface area contributed by atoms with Crippen LogP contribution in [0.1, 0.15) is 98.2 Å². The van der Waals surface area contributed by atoms with Crippen LogP contribution in [0.15, 0.2) is 121 Å². The molecule has 2 aliphatic heterocycles. The van der Waals surface area contributed by atoms with Crippen molar-refractivity contribution in [3.8, 4) is 0 Å². The van der Waals surface area contributed by atoms with Crippen LogP contribution in [0.4, 0.5) is 34.1 Å². The minimum Gasteiger partial charge on any atom is -0.311 e. The van der Waals surface area contributed by atoms with Gasteiger partial charge in [-0.2, -0.15) is 0 Å². The zero-order chi connectivity index (χ0) is 35.6. The molecule has 0 N–H and O–H groups in total. The van der Waals surface area contributed by atoms with Crippen molar-refractivity contribution in [2.24, 2.45) is 0 Å². The highest BCUT2D eigenvalue weighted by molar-refractivity contribution is 7.00. The Morgan fingerprint density at radius 1 is 0.547 bits per heavy atom. The molecule has 5 aliphatic rings. The molecule has 1 atom stereocenters. The smallest absolute Gasteiger partial charge is 0.252 e. The van der Waals surface area contributed by atoms with Crippen LogP contribution in [0, 0.1) is 0 Å². The summed E-state index contributed by atoms with van der Waals surface area (Å²) in [4.78, 5) is 5.39. The summed E-state index contributed by atoms with van der Waals surface area (Å²) in [6.07, 6.45) is 8.21. The third kappa shape index (κ3) is 4.46. The van der Waals surface area contributed by atoms with E-state index < -0.39 is 0 Å². The number of benzene rings is 6. The van der Waals surface area contributed by atoms with Crippen LogP contribution in [0.2, 0.25) is 0 Å². The first-order chi connectivity index (χ1) is 25.8. The molecule has 0 saturated carbocycles. The Balaban J connectivity index is 1.30. The van der Waals surface area contributed by atoms with Crippen LogP contribution in [0.5, 0.6) is 0 Å². The second-order valence-electron chi connectivity index (χ2n) is 17.7. The van der Waals surface area contributed by atoms with E-state index in [1.54, 1.807) is 11.1 Å². The van der Waals surface area contributed by atoms with Gasteiger partial charge in [0, 0.05) is 40.0 Å². The highest BCUT2D eigenvalue weighted by Crippen LogP contribution is 2.54. The molecule has 3 aliphatic carbocycles. The third-order valence-corrected chi connectivity index (χ3v) is 13.8. The van der Waals surface area contributed by atoms with Crippen LogP contribution in [0.3, 0.4) is 0 Å². The molecule has 3 heteroatoms. The number of fused-ring (bicyclic) bond motifs is 9. The van der Waals surface area contributed by atoms with E-state index in [-0.39, 0.29) is 17.5 Å². The molecule has 0 spiro atoms. The molecule has 6 aromatic rings. The zero-order valence-electron chi connectivity index (χ0n) is 31.5. The SMILES string of the molecule is CC1(C)CCc2ccc3c(c21)N(c1ccccc1)c1cc(C2CCCc4ccccc42)cc2c1B3c1ccc3c(c1N2c1ccccc1)C(C)(C)CC3. The Morgan fingerprint density at radius 3 is 1.60 bits per heavy atom. The Labute approximate surface area is 315 Å². The normalized spacial score (nSPS) is 19.5. The lowest BCUT2D eigenvalue weighted by atomic mass is 9.33. The maximum atomic E-state index is 2.69. The number of para-hydroxylation sites is 2. The fraction of sp³-hybridized carbons (Fsp3) is 0.280. The van der Waals surface area contributed by atoms with Gasteiger partial charge in [-0.15, -0.1) is 0 Å². The van der Waals surface area contributed by atoms with E-state index in [2.05, 4.69) is 159 Å². The molecular formula is C50H47BN2. The molecule has 0 bridgehead atoms. The van der Waals surface area contributed by atoms with Crippen molar-refractivity contribution in [3.63, 3.8) is 0 Å². The number of rotatable bonds is 3. The van der Waals surface area contributed by atoms with Crippen LogP contribution in [0.25, 0.3) is 0 Å². The lowest BCUT2D eigenvalue weighted by Gasteiger charge is -2.47. The summed E-state index contributed by atoms with van der Waals surface area (Å²) < 4.78 is 0. The second-order valence-corrected chi connectivity index (χ2v) is 17.7. The van der Waals surface area contributed by atoms with Crippen LogP contribution >= 0.6 is 0 Å². The van der Waals surface area contributed by atoms with Gasteiger partial charge in [0.15, 0.2) is 0 Å². The molecule has 0 radical (unpaired) electrons. The number of hydrogen-bond donors (Lipinski definition) is 0. The minimum absolute atomic E-state index is 0.0848. The van der Waals surface area contributed by atoms with Crippen LogP contribution in [-0.2, 0) is 30.1 Å². The van der Waals surface area contributed by atoms with Gasteiger partial charge >= 0.3 is 0 Å². The van der Waals surface area contributed by atoms with Crippen molar-refractivity contribution >= 4 is 57.2 Å². The van der Waals surface area contributed by atoms with Crippen molar-refractivity contribution in [2.45, 2.75) is 89.4 Å². The average molecular weight is 687 g/mol. The molecule has 53 heavy (non-hydrogen) atoms. The number of nitrogens with zero attached hydrogens (tertiary/aromatic N) is 2. The molecule has 0 amide bonds. The summed E-state index contributed by atoms with van der Waals surface area (Å²) in [6, 6.07) is 47.1. The number of aryl methyl sites for hydroxylation is 3. The summed E-state index contributed by atoms with van der Waals surface area (Å²) in [5, 5.41) is 0. The van der Waals surface area contributed by atoms with E-state index in [4.69, 9.17) is 0 Å². The Bertz CT molecular complexity index is 2320. The van der Waals surface area contributed by atoms with Gasteiger partial charge in [-0.05, 0) is 148 Å². The largest absolute Gasteiger partial charge is 0.311 e. The van der Waals surface area contributed by atoms with Gasteiger partial charge in [-0.25, -0.2) is 0 Å². The fourth-order valence-corrected chi connectivity index (χ4v) is 11.3. The highest BCUT2D eigenvalue weighted by Gasteiger charge is 2.49. The summed E-state index contributed by atoms with van der Waals surface area (Å²) in [6.45, 7) is 10.1. The first kappa shape index (κ1) is 31.5. The van der Waals surface area contributed by atoms with Crippen molar-refractivity contribution in [3.05, 3.63) is 160 Å². The Kier molecular flexibility index (Phi) is 6.69. The van der Waals surface area contributed by atoms with E-state index in [1.165, 1.54) is 110 Å². The van der Waals surface area contributed by atoms with E-state index in [0.717, 1.165) is 12.8 Å². The summed E-state index contributed by atoms with van der Waals surface area (Å²) >= 11 is 0. The predicted octanol–water partition coefficient (Wildman–Crippen LogP) is 10.7.